The van der Waals surface area contributed by atoms with E-state index in [0.717, 1.165) is 67.3 Å². The minimum Gasteiger partial charge on any atom is -0.360 e. The Morgan fingerprint density at radius 1 is 1.13 bits per heavy atom. The minimum absolute atomic E-state index is 0.142. The van der Waals surface area contributed by atoms with Gasteiger partial charge in [-0.2, -0.15) is 0 Å². The van der Waals surface area contributed by atoms with Crippen LogP contribution in [0, 0.1) is 13.8 Å². The maximum Gasteiger partial charge on any atom is 0.233 e. The number of hydrogen-bond acceptors (Lipinski definition) is 7. The van der Waals surface area contributed by atoms with Gasteiger partial charge in [0.05, 0.1) is 18.0 Å². The Labute approximate surface area is 186 Å². The number of thioether (sulfide) groups is 1. The molecular formula is C22H28N6O2S. The summed E-state index contributed by atoms with van der Waals surface area (Å²) in [6, 6.07) is 10.2. The molecule has 1 saturated heterocycles. The topological polar surface area (TPSA) is 80.3 Å². The molecule has 1 amide bonds. The molecule has 0 unspecified atom stereocenters. The van der Waals surface area contributed by atoms with E-state index in [1.54, 1.807) is 0 Å². The molecule has 0 N–H and O–H groups in total. The predicted molar refractivity (Wildman–Crippen MR) is 120 cm³/mol. The third-order valence-electron chi connectivity index (χ3n) is 5.42. The summed E-state index contributed by atoms with van der Waals surface area (Å²) in [5, 5.41) is 13.5. The van der Waals surface area contributed by atoms with Crippen LogP contribution < -0.4 is 0 Å². The fourth-order valence-corrected chi connectivity index (χ4v) is 4.67. The van der Waals surface area contributed by atoms with E-state index >= 15 is 0 Å². The Morgan fingerprint density at radius 2 is 1.94 bits per heavy atom. The van der Waals surface area contributed by atoms with E-state index in [1.807, 2.05) is 30.0 Å². The van der Waals surface area contributed by atoms with Crippen LogP contribution in [0.3, 0.4) is 0 Å². The number of benzene rings is 1. The van der Waals surface area contributed by atoms with Crippen molar-refractivity contribution in [3.05, 3.63) is 47.3 Å². The van der Waals surface area contributed by atoms with Crippen molar-refractivity contribution in [1.29, 1.82) is 0 Å². The lowest BCUT2D eigenvalue weighted by Gasteiger charge is -2.34. The lowest BCUT2D eigenvalue weighted by molar-refractivity contribution is -0.130. The van der Waals surface area contributed by atoms with E-state index in [1.165, 1.54) is 17.3 Å². The van der Waals surface area contributed by atoms with E-state index in [2.05, 4.69) is 50.8 Å². The maximum absolute atomic E-state index is 12.8. The van der Waals surface area contributed by atoms with Crippen LogP contribution in [-0.2, 0) is 17.9 Å². The zero-order valence-corrected chi connectivity index (χ0v) is 19.1. The van der Waals surface area contributed by atoms with Gasteiger partial charge in [-0.15, -0.1) is 10.2 Å². The highest BCUT2D eigenvalue weighted by molar-refractivity contribution is 7.99. The third kappa shape index (κ3) is 5.16. The number of amides is 1. The first-order valence-corrected chi connectivity index (χ1v) is 11.6. The first kappa shape index (κ1) is 21.6. The van der Waals surface area contributed by atoms with Gasteiger partial charge in [0.15, 0.2) is 16.7 Å². The van der Waals surface area contributed by atoms with Crippen molar-refractivity contribution >= 4 is 17.7 Å². The van der Waals surface area contributed by atoms with E-state index < -0.39 is 0 Å². The largest absolute Gasteiger partial charge is 0.360 e. The van der Waals surface area contributed by atoms with Gasteiger partial charge < -0.3 is 14.0 Å². The summed E-state index contributed by atoms with van der Waals surface area (Å²) in [7, 11) is 0. The molecule has 0 radical (unpaired) electrons. The van der Waals surface area contributed by atoms with Crippen molar-refractivity contribution in [2.75, 3.05) is 31.9 Å². The van der Waals surface area contributed by atoms with E-state index in [-0.39, 0.29) is 5.91 Å². The molecule has 0 bridgehead atoms. The molecule has 3 heterocycles. The van der Waals surface area contributed by atoms with Crippen LogP contribution in [0.2, 0.25) is 0 Å². The number of nitrogens with zero attached hydrogens (tertiary/aromatic N) is 6. The van der Waals surface area contributed by atoms with Crippen LogP contribution in [0.4, 0.5) is 0 Å². The van der Waals surface area contributed by atoms with Gasteiger partial charge in [-0.25, -0.2) is 0 Å². The molecule has 4 rings (SSSR count). The molecule has 8 nitrogen and oxygen atoms in total. The SMILES string of the molecule is CCn1c(SCC(=O)N2CCN(Cc3cc(C)no3)CC2)nnc1-c1cccc(C)c1. The molecule has 0 saturated carbocycles. The summed E-state index contributed by atoms with van der Waals surface area (Å²) in [6.45, 7) is 10.7. The van der Waals surface area contributed by atoms with Gasteiger partial charge in [0, 0.05) is 44.4 Å². The van der Waals surface area contributed by atoms with Gasteiger partial charge in [-0.05, 0) is 26.8 Å². The van der Waals surface area contributed by atoms with Crippen LogP contribution in [0.1, 0.15) is 23.9 Å². The fraction of sp³-hybridized carbons (Fsp3) is 0.455. The fourth-order valence-electron chi connectivity index (χ4n) is 3.76. The first-order valence-electron chi connectivity index (χ1n) is 10.6. The minimum atomic E-state index is 0.142. The molecule has 31 heavy (non-hydrogen) atoms. The summed E-state index contributed by atoms with van der Waals surface area (Å²) < 4.78 is 7.37. The lowest BCUT2D eigenvalue weighted by atomic mass is 10.1. The Bertz CT molecular complexity index is 1040. The number of hydrogen-bond donors (Lipinski definition) is 0. The normalized spacial score (nSPS) is 14.9. The molecule has 0 atom stereocenters. The second-order valence-electron chi connectivity index (χ2n) is 7.80. The third-order valence-corrected chi connectivity index (χ3v) is 6.37. The first-order chi connectivity index (χ1) is 15.0. The Morgan fingerprint density at radius 3 is 2.61 bits per heavy atom. The Hall–Kier alpha value is -2.65. The number of aromatic nitrogens is 4. The van der Waals surface area contributed by atoms with Gasteiger partial charge in [0.2, 0.25) is 5.91 Å². The van der Waals surface area contributed by atoms with Crippen molar-refractivity contribution in [3.63, 3.8) is 0 Å². The van der Waals surface area contributed by atoms with Crippen molar-refractivity contribution < 1.29 is 9.32 Å². The summed E-state index contributed by atoms with van der Waals surface area (Å²) in [6.07, 6.45) is 0. The molecule has 164 valence electrons. The van der Waals surface area contributed by atoms with Crippen LogP contribution in [-0.4, -0.2) is 67.6 Å². The monoisotopic (exact) mass is 440 g/mol. The summed E-state index contributed by atoms with van der Waals surface area (Å²) in [5.41, 5.74) is 3.13. The summed E-state index contributed by atoms with van der Waals surface area (Å²) in [5.74, 6) is 2.23. The van der Waals surface area contributed by atoms with Gasteiger partial charge in [-0.3, -0.25) is 9.69 Å². The zero-order chi connectivity index (χ0) is 21.8. The van der Waals surface area contributed by atoms with Crippen LogP contribution in [0.15, 0.2) is 40.0 Å². The Balaban J connectivity index is 1.31. The van der Waals surface area contributed by atoms with E-state index in [4.69, 9.17) is 4.52 Å². The second kappa shape index (κ2) is 9.65. The van der Waals surface area contributed by atoms with Gasteiger partial charge in [0.25, 0.3) is 0 Å². The standard InChI is InChI=1S/C22H28N6O2S/c1-4-28-21(18-7-5-6-16(2)12-18)23-24-22(28)31-15-20(29)27-10-8-26(9-11-27)14-19-13-17(3)25-30-19/h5-7,12-13H,4,8-11,14-15H2,1-3H3. The highest BCUT2D eigenvalue weighted by atomic mass is 32.2. The number of aryl methyl sites for hydroxylation is 2. The Kier molecular flexibility index (Phi) is 6.72. The van der Waals surface area contributed by atoms with Gasteiger partial charge >= 0.3 is 0 Å². The molecule has 1 aliphatic rings. The van der Waals surface area contributed by atoms with Gasteiger partial charge in [-0.1, -0.05) is 40.7 Å². The average molecular weight is 441 g/mol. The maximum atomic E-state index is 12.8. The molecule has 1 aliphatic heterocycles. The van der Waals surface area contributed by atoms with Crippen molar-refractivity contribution in [2.45, 2.75) is 39.0 Å². The molecular weight excluding hydrogens is 412 g/mol. The van der Waals surface area contributed by atoms with Crippen LogP contribution >= 0.6 is 11.8 Å². The second-order valence-corrected chi connectivity index (χ2v) is 8.74. The molecule has 1 aromatic carbocycles. The molecule has 9 heteroatoms. The van der Waals surface area contributed by atoms with Crippen LogP contribution in [0.25, 0.3) is 11.4 Å². The van der Waals surface area contributed by atoms with E-state index in [9.17, 15) is 4.79 Å². The number of carbonyl (C=O) groups is 1. The van der Waals surface area contributed by atoms with Crippen LogP contribution in [0.5, 0.6) is 0 Å². The number of piperazine rings is 1. The van der Waals surface area contributed by atoms with Gasteiger partial charge in [0.1, 0.15) is 0 Å². The average Bonchev–Trinajstić information content (AvgIpc) is 3.38. The molecule has 0 aliphatic carbocycles. The molecule has 2 aromatic heterocycles. The predicted octanol–water partition coefficient (Wildman–Crippen LogP) is 3.01. The summed E-state index contributed by atoms with van der Waals surface area (Å²) >= 11 is 1.46. The van der Waals surface area contributed by atoms with Crippen molar-refractivity contribution in [2.24, 2.45) is 0 Å². The number of carbonyl (C=O) groups excluding carboxylic acids is 1. The highest BCUT2D eigenvalue weighted by Gasteiger charge is 2.23. The van der Waals surface area contributed by atoms with E-state index in [0.29, 0.717) is 5.75 Å². The molecule has 0 spiro atoms. The smallest absolute Gasteiger partial charge is 0.233 e. The molecule has 3 aromatic rings. The number of rotatable bonds is 7. The molecule has 1 fully saturated rings. The lowest BCUT2D eigenvalue weighted by Crippen LogP contribution is -2.48. The van der Waals surface area contributed by atoms with Crippen molar-refractivity contribution in [3.8, 4) is 11.4 Å². The quantitative estimate of drug-likeness (QED) is 0.523. The summed E-state index contributed by atoms with van der Waals surface area (Å²) in [4.78, 5) is 17.0. The highest BCUT2D eigenvalue weighted by Crippen LogP contribution is 2.25. The zero-order valence-electron chi connectivity index (χ0n) is 18.2. The van der Waals surface area contributed by atoms with Crippen molar-refractivity contribution in [1.82, 2.24) is 29.7 Å².